The molecule has 1 aromatic heterocycles. The van der Waals surface area contributed by atoms with Crippen molar-refractivity contribution >= 4 is 28.4 Å². The Hall–Kier alpha value is -2.73. The van der Waals surface area contributed by atoms with Crippen LogP contribution in [0.5, 0.6) is 11.5 Å². The second-order valence-corrected chi connectivity index (χ2v) is 6.22. The average molecular weight is 358 g/mol. The molecule has 6 nitrogen and oxygen atoms in total. The fraction of sp³-hybridized carbons (Fsp3) is 0.222. The van der Waals surface area contributed by atoms with Crippen LogP contribution in [0.2, 0.25) is 5.02 Å². The molecule has 0 fully saturated rings. The fourth-order valence-corrected chi connectivity index (χ4v) is 2.96. The van der Waals surface area contributed by atoms with Crippen molar-refractivity contribution in [1.82, 2.24) is 15.1 Å². The third-order valence-electron chi connectivity index (χ3n) is 4.08. The van der Waals surface area contributed by atoms with Gasteiger partial charge < -0.3 is 14.8 Å². The first kappa shape index (κ1) is 15.8. The summed E-state index contributed by atoms with van der Waals surface area (Å²) in [5, 5.41) is 8.87. The molecule has 0 spiro atoms. The zero-order chi connectivity index (χ0) is 17.2. The lowest BCUT2D eigenvalue weighted by Crippen LogP contribution is -2.24. The molecule has 7 heteroatoms. The number of fused-ring (bicyclic) bond motifs is 2. The average Bonchev–Trinajstić information content (AvgIpc) is 3.23. The smallest absolute Gasteiger partial charge is 0.231 e. The molecule has 3 aromatic rings. The Morgan fingerprint density at radius 1 is 1.20 bits per heavy atom. The number of halogens is 1. The Bertz CT molecular complexity index is 938. The van der Waals surface area contributed by atoms with E-state index in [0.29, 0.717) is 30.3 Å². The Morgan fingerprint density at radius 2 is 2.08 bits per heavy atom. The summed E-state index contributed by atoms with van der Waals surface area (Å²) in [5.74, 6) is 1.42. The van der Waals surface area contributed by atoms with Gasteiger partial charge >= 0.3 is 0 Å². The van der Waals surface area contributed by atoms with E-state index >= 15 is 0 Å². The first-order chi connectivity index (χ1) is 12.2. The minimum Gasteiger partial charge on any atom is -0.454 e. The summed E-state index contributed by atoms with van der Waals surface area (Å²) in [6.07, 6.45) is 2.11. The fourth-order valence-electron chi connectivity index (χ4n) is 2.78. The Morgan fingerprint density at radius 3 is 3.00 bits per heavy atom. The second-order valence-electron chi connectivity index (χ2n) is 5.79. The number of carbonyl (C=O) groups is 1. The zero-order valence-corrected chi connectivity index (χ0v) is 14.1. The predicted molar refractivity (Wildman–Crippen MR) is 93.8 cm³/mol. The van der Waals surface area contributed by atoms with Gasteiger partial charge in [-0.2, -0.15) is 5.10 Å². The van der Waals surface area contributed by atoms with Crippen LogP contribution in [0.15, 0.2) is 42.6 Å². The van der Waals surface area contributed by atoms with Crippen molar-refractivity contribution in [3.63, 3.8) is 0 Å². The highest BCUT2D eigenvalue weighted by atomic mass is 35.5. The summed E-state index contributed by atoms with van der Waals surface area (Å²) in [6, 6.07) is 11.2. The SMILES string of the molecule is O=C(CCn1ncc2cc(Cl)ccc21)NCc1ccc2c(c1)OCO2. The lowest BCUT2D eigenvalue weighted by Gasteiger charge is -2.07. The van der Waals surface area contributed by atoms with Crippen LogP contribution < -0.4 is 14.8 Å². The van der Waals surface area contributed by atoms with Gasteiger partial charge in [-0.05, 0) is 35.9 Å². The van der Waals surface area contributed by atoms with Gasteiger partial charge in [0.15, 0.2) is 11.5 Å². The first-order valence-electron chi connectivity index (χ1n) is 7.95. The minimum absolute atomic E-state index is 0.0321. The topological polar surface area (TPSA) is 65.4 Å². The molecule has 0 saturated heterocycles. The lowest BCUT2D eigenvalue weighted by atomic mass is 10.2. The van der Waals surface area contributed by atoms with E-state index in [2.05, 4.69) is 10.4 Å². The van der Waals surface area contributed by atoms with Crippen LogP contribution in [0.1, 0.15) is 12.0 Å². The van der Waals surface area contributed by atoms with Crippen LogP contribution >= 0.6 is 11.6 Å². The van der Waals surface area contributed by atoms with Crippen LogP contribution in [-0.4, -0.2) is 22.5 Å². The minimum atomic E-state index is -0.0321. The Balaban J connectivity index is 1.33. The van der Waals surface area contributed by atoms with E-state index in [4.69, 9.17) is 21.1 Å². The summed E-state index contributed by atoms with van der Waals surface area (Å²) in [4.78, 5) is 12.1. The highest BCUT2D eigenvalue weighted by Crippen LogP contribution is 2.32. The Kier molecular flexibility index (Phi) is 4.19. The molecule has 1 aliphatic rings. The van der Waals surface area contributed by atoms with Gasteiger partial charge in [-0.3, -0.25) is 9.48 Å². The van der Waals surface area contributed by atoms with Crippen LogP contribution in [0.25, 0.3) is 10.9 Å². The summed E-state index contributed by atoms with van der Waals surface area (Å²) in [5.41, 5.74) is 1.93. The monoisotopic (exact) mass is 357 g/mol. The molecule has 2 heterocycles. The number of rotatable bonds is 5. The standard InChI is InChI=1S/C18H16ClN3O3/c19-14-2-3-15-13(8-14)10-21-22(15)6-5-18(23)20-9-12-1-4-16-17(7-12)25-11-24-16/h1-4,7-8,10H,5-6,9,11H2,(H,20,23). The second kappa shape index (κ2) is 6.64. The van der Waals surface area contributed by atoms with E-state index in [9.17, 15) is 4.79 Å². The third-order valence-corrected chi connectivity index (χ3v) is 4.32. The van der Waals surface area contributed by atoms with Crippen molar-refractivity contribution in [2.45, 2.75) is 19.5 Å². The van der Waals surface area contributed by atoms with Gasteiger partial charge in [0.2, 0.25) is 12.7 Å². The van der Waals surface area contributed by atoms with E-state index in [-0.39, 0.29) is 12.7 Å². The van der Waals surface area contributed by atoms with Crippen LogP contribution in [0, 0.1) is 0 Å². The molecule has 0 aliphatic carbocycles. The molecule has 25 heavy (non-hydrogen) atoms. The van der Waals surface area contributed by atoms with Crippen molar-refractivity contribution in [3.05, 3.63) is 53.2 Å². The molecule has 4 rings (SSSR count). The normalized spacial score (nSPS) is 12.5. The van der Waals surface area contributed by atoms with Crippen molar-refractivity contribution in [1.29, 1.82) is 0 Å². The maximum atomic E-state index is 12.1. The van der Waals surface area contributed by atoms with E-state index in [1.807, 2.05) is 41.1 Å². The van der Waals surface area contributed by atoms with Gasteiger partial charge in [0.05, 0.1) is 18.3 Å². The number of carbonyl (C=O) groups excluding carboxylic acids is 1. The van der Waals surface area contributed by atoms with Gasteiger partial charge in [-0.15, -0.1) is 0 Å². The number of hydrogen-bond donors (Lipinski definition) is 1. The summed E-state index contributed by atoms with van der Waals surface area (Å²) >= 11 is 5.97. The van der Waals surface area contributed by atoms with Gasteiger partial charge in [0.1, 0.15) is 0 Å². The molecular formula is C18H16ClN3O3. The summed E-state index contributed by atoms with van der Waals surface area (Å²) < 4.78 is 12.4. The van der Waals surface area contributed by atoms with E-state index < -0.39 is 0 Å². The predicted octanol–water partition coefficient (Wildman–Crippen LogP) is 3.12. The number of aromatic nitrogens is 2. The highest BCUT2D eigenvalue weighted by Gasteiger charge is 2.13. The summed E-state index contributed by atoms with van der Waals surface area (Å²) in [7, 11) is 0. The van der Waals surface area contributed by atoms with Gasteiger partial charge in [-0.1, -0.05) is 17.7 Å². The van der Waals surface area contributed by atoms with Gasteiger partial charge in [0.25, 0.3) is 0 Å². The molecule has 0 atom stereocenters. The lowest BCUT2D eigenvalue weighted by molar-refractivity contribution is -0.121. The highest BCUT2D eigenvalue weighted by molar-refractivity contribution is 6.31. The van der Waals surface area contributed by atoms with E-state index in [0.717, 1.165) is 22.2 Å². The van der Waals surface area contributed by atoms with Crippen molar-refractivity contribution < 1.29 is 14.3 Å². The molecule has 0 radical (unpaired) electrons. The van der Waals surface area contributed by atoms with Crippen LogP contribution in [-0.2, 0) is 17.9 Å². The molecule has 2 aromatic carbocycles. The van der Waals surface area contributed by atoms with Crippen molar-refractivity contribution in [3.8, 4) is 11.5 Å². The molecule has 1 amide bonds. The number of nitrogens with one attached hydrogen (secondary N) is 1. The zero-order valence-electron chi connectivity index (χ0n) is 13.4. The van der Waals surface area contributed by atoms with Crippen molar-refractivity contribution in [2.75, 3.05) is 6.79 Å². The van der Waals surface area contributed by atoms with Gasteiger partial charge in [0, 0.05) is 23.4 Å². The number of benzene rings is 2. The number of aryl methyl sites for hydroxylation is 1. The molecule has 0 saturated carbocycles. The molecule has 0 unspecified atom stereocenters. The molecule has 0 bridgehead atoms. The quantitative estimate of drug-likeness (QED) is 0.762. The number of ether oxygens (including phenoxy) is 2. The third kappa shape index (κ3) is 3.39. The maximum Gasteiger partial charge on any atom is 0.231 e. The van der Waals surface area contributed by atoms with Gasteiger partial charge in [-0.25, -0.2) is 0 Å². The van der Waals surface area contributed by atoms with Crippen molar-refractivity contribution in [2.24, 2.45) is 0 Å². The summed E-state index contributed by atoms with van der Waals surface area (Å²) in [6.45, 7) is 1.21. The molecular weight excluding hydrogens is 342 g/mol. The van der Waals surface area contributed by atoms with E-state index in [1.54, 1.807) is 6.20 Å². The number of amides is 1. The number of nitrogens with zero attached hydrogens (tertiary/aromatic N) is 2. The Labute approximate surface area is 149 Å². The maximum absolute atomic E-state index is 12.1. The first-order valence-corrected chi connectivity index (χ1v) is 8.33. The molecule has 128 valence electrons. The molecule has 1 aliphatic heterocycles. The van der Waals surface area contributed by atoms with Crippen LogP contribution in [0.4, 0.5) is 0 Å². The largest absolute Gasteiger partial charge is 0.454 e. The number of hydrogen-bond acceptors (Lipinski definition) is 4. The molecule has 1 N–H and O–H groups in total. The van der Waals surface area contributed by atoms with E-state index in [1.165, 1.54) is 0 Å². The van der Waals surface area contributed by atoms with Crippen LogP contribution in [0.3, 0.4) is 0 Å².